The fourth-order valence-corrected chi connectivity index (χ4v) is 2.64. The Kier molecular flexibility index (Phi) is 4.06. The van der Waals surface area contributed by atoms with Crippen LogP contribution in [0.3, 0.4) is 0 Å². The summed E-state index contributed by atoms with van der Waals surface area (Å²) in [5, 5.41) is 3.26. The number of rotatable bonds is 3. The third kappa shape index (κ3) is 2.81. The van der Waals surface area contributed by atoms with Crippen molar-refractivity contribution in [2.75, 3.05) is 25.0 Å². The van der Waals surface area contributed by atoms with Crippen LogP contribution in [0.15, 0.2) is 24.3 Å². The fourth-order valence-electron chi connectivity index (χ4n) is 2.64. The summed E-state index contributed by atoms with van der Waals surface area (Å²) < 4.78 is 0. The van der Waals surface area contributed by atoms with Gasteiger partial charge in [0.05, 0.1) is 0 Å². The number of anilines is 1. The van der Waals surface area contributed by atoms with Gasteiger partial charge in [-0.25, -0.2) is 0 Å². The molecule has 0 bridgehead atoms. The highest BCUT2D eigenvalue weighted by Gasteiger charge is 2.23. The molecule has 1 heterocycles. The lowest BCUT2D eigenvalue weighted by Crippen LogP contribution is -2.39. The van der Waals surface area contributed by atoms with Crippen LogP contribution in [0.4, 0.5) is 5.69 Å². The van der Waals surface area contributed by atoms with Crippen molar-refractivity contribution in [3.63, 3.8) is 0 Å². The van der Waals surface area contributed by atoms with Gasteiger partial charge < -0.3 is 10.2 Å². The van der Waals surface area contributed by atoms with Crippen LogP contribution < -0.4 is 10.2 Å². The minimum Gasteiger partial charge on any atom is -0.371 e. The topological polar surface area (TPSA) is 15.3 Å². The number of para-hydroxylation sites is 1. The average molecular weight is 232 g/mol. The summed E-state index contributed by atoms with van der Waals surface area (Å²) in [6.45, 7) is 8.10. The van der Waals surface area contributed by atoms with E-state index in [-0.39, 0.29) is 0 Å². The molecule has 1 N–H and O–H groups in total. The second-order valence-corrected chi connectivity index (χ2v) is 5.35. The summed E-state index contributed by atoms with van der Waals surface area (Å²) in [6.07, 6.45) is 1.31. The molecule has 0 spiro atoms. The van der Waals surface area contributed by atoms with Gasteiger partial charge in [0.1, 0.15) is 0 Å². The summed E-state index contributed by atoms with van der Waals surface area (Å²) >= 11 is 0. The largest absolute Gasteiger partial charge is 0.371 e. The standard InChI is InChI=1S/C15H24N2/c1-12-8-9-17(11-13(12)2)15-7-5-4-6-14(15)10-16-3/h4-7,12-13,16H,8-11H2,1-3H3. The van der Waals surface area contributed by atoms with Crippen molar-refractivity contribution in [2.45, 2.75) is 26.8 Å². The van der Waals surface area contributed by atoms with Gasteiger partial charge in [-0.1, -0.05) is 32.0 Å². The smallest absolute Gasteiger partial charge is 0.0411 e. The molecule has 0 saturated carbocycles. The molecule has 2 heteroatoms. The maximum absolute atomic E-state index is 3.26. The number of benzene rings is 1. The van der Waals surface area contributed by atoms with Crippen molar-refractivity contribution < 1.29 is 0 Å². The average Bonchev–Trinajstić information content (AvgIpc) is 2.34. The molecule has 0 aliphatic carbocycles. The van der Waals surface area contributed by atoms with E-state index in [4.69, 9.17) is 0 Å². The predicted molar refractivity (Wildman–Crippen MR) is 74.4 cm³/mol. The van der Waals surface area contributed by atoms with Crippen LogP contribution in [-0.4, -0.2) is 20.1 Å². The Morgan fingerprint density at radius 2 is 2.00 bits per heavy atom. The summed E-state index contributed by atoms with van der Waals surface area (Å²) in [5.74, 6) is 1.66. The molecule has 1 aromatic carbocycles. The molecule has 0 amide bonds. The zero-order chi connectivity index (χ0) is 12.3. The highest BCUT2D eigenvalue weighted by Crippen LogP contribution is 2.29. The summed E-state index contributed by atoms with van der Waals surface area (Å²) in [5.41, 5.74) is 2.83. The van der Waals surface area contributed by atoms with Crippen LogP contribution in [-0.2, 0) is 6.54 Å². The molecule has 17 heavy (non-hydrogen) atoms. The monoisotopic (exact) mass is 232 g/mol. The van der Waals surface area contributed by atoms with E-state index in [2.05, 4.69) is 48.3 Å². The quantitative estimate of drug-likeness (QED) is 0.862. The van der Waals surface area contributed by atoms with E-state index < -0.39 is 0 Å². The van der Waals surface area contributed by atoms with Gasteiger partial charge >= 0.3 is 0 Å². The van der Waals surface area contributed by atoms with Crippen LogP contribution in [0.5, 0.6) is 0 Å². The number of nitrogens with one attached hydrogen (secondary N) is 1. The lowest BCUT2D eigenvalue weighted by Gasteiger charge is -2.37. The van der Waals surface area contributed by atoms with Crippen molar-refractivity contribution in [1.82, 2.24) is 5.32 Å². The molecule has 0 aromatic heterocycles. The maximum Gasteiger partial charge on any atom is 0.0411 e. The third-order valence-electron chi connectivity index (χ3n) is 4.03. The zero-order valence-electron chi connectivity index (χ0n) is 11.2. The molecule has 1 saturated heterocycles. The minimum atomic E-state index is 0.798. The van der Waals surface area contributed by atoms with Gasteiger partial charge in [-0.2, -0.15) is 0 Å². The highest BCUT2D eigenvalue weighted by molar-refractivity contribution is 5.54. The Labute approximate surface area is 105 Å². The Bertz CT molecular complexity index is 362. The van der Waals surface area contributed by atoms with Crippen molar-refractivity contribution in [3.8, 4) is 0 Å². The molecule has 2 atom stereocenters. The first-order valence-corrected chi connectivity index (χ1v) is 6.70. The Balaban J connectivity index is 2.16. The molecule has 2 nitrogen and oxygen atoms in total. The lowest BCUT2D eigenvalue weighted by molar-refractivity contribution is 0.323. The molecule has 2 rings (SSSR count). The van der Waals surface area contributed by atoms with Gasteiger partial charge in [0.15, 0.2) is 0 Å². The van der Waals surface area contributed by atoms with Crippen LogP contribution in [0.2, 0.25) is 0 Å². The van der Waals surface area contributed by atoms with E-state index in [1.165, 1.54) is 30.8 Å². The van der Waals surface area contributed by atoms with E-state index >= 15 is 0 Å². The van der Waals surface area contributed by atoms with Crippen LogP contribution >= 0.6 is 0 Å². The predicted octanol–water partition coefficient (Wildman–Crippen LogP) is 2.89. The van der Waals surface area contributed by atoms with Crippen molar-refractivity contribution >= 4 is 5.69 Å². The second kappa shape index (κ2) is 5.54. The van der Waals surface area contributed by atoms with Gasteiger partial charge in [0, 0.05) is 25.3 Å². The summed E-state index contributed by atoms with van der Waals surface area (Å²) in [6, 6.07) is 8.77. The molecule has 1 aliphatic heterocycles. The number of nitrogens with zero attached hydrogens (tertiary/aromatic N) is 1. The molecule has 2 unspecified atom stereocenters. The number of hydrogen-bond donors (Lipinski definition) is 1. The molecule has 94 valence electrons. The Hall–Kier alpha value is -1.02. The van der Waals surface area contributed by atoms with Crippen molar-refractivity contribution in [3.05, 3.63) is 29.8 Å². The van der Waals surface area contributed by atoms with E-state index in [0.29, 0.717) is 0 Å². The first-order chi connectivity index (χ1) is 8.22. The third-order valence-corrected chi connectivity index (χ3v) is 4.03. The molecular weight excluding hydrogens is 208 g/mol. The fraction of sp³-hybridized carbons (Fsp3) is 0.600. The van der Waals surface area contributed by atoms with E-state index in [1.54, 1.807) is 0 Å². The second-order valence-electron chi connectivity index (χ2n) is 5.35. The number of piperidine rings is 1. The molecule has 1 fully saturated rings. The van der Waals surface area contributed by atoms with E-state index in [1.807, 2.05) is 7.05 Å². The Morgan fingerprint density at radius 1 is 1.24 bits per heavy atom. The minimum absolute atomic E-state index is 0.798. The van der Waals surface area contributed by atoms with E-state index in [9.17, 15) is 0 Å². The van der Waals surface area contributed by atoms with Gasteiger partial charge in [-0.15, -0.1) is 0 Å². The van der Waals surface area contributed by atoms with Gasteiger partial charge in [-0.3, -0.25) is 0 Å². The van der Waals surface area contributed by atoms with Crippen LogP contribution in [0, 0.1) is 11.8 Å². The summed E-state index contributed by atoms with van der Waals surface area (Å²) in [7, 11) is 2.01. The molecule has 0 radical (unpaired) electrons. The van der Waals surface area contributed by atoms with Gasteiger partial charge in [0.25, 0.3) is 0 Å². The van der Waals surface area contributed by atoms with E-state index in [0.717, 1.165) is 18.4 Å². The molecule has 1 aliphatic rings. The highest BCUT2D eigenvalue weighted by atomic mass is 15.1. The zero-order valence-corrected chi connectivity index (χ0v) is 11.2. The van der Waals surface area contributed by atoms with Crippen molar-refractivity contribution in [2.24, 2.45) is 11.8 Å². The first-order valence-electron chi connectivity index (χ1n) is 6.70. The summed E-state index contributed by atoms with van der Waals surface area (Å²) in [4.78, 5) is 2.55. The van der Waals surface area contributed by atoms with Crippen LogP contribution in [0.25, 0.3) is 0 Å². The van der Waals surface area contributed by atoms with Gasteiger partial charge in [-0.05, 0) is 36.9 Å². The lowest BCUT2D eigenvalue weighted by atomic mass is 9.88. The Morgan fingerprint density at radius 3 is 2.71 bits per heavy atom. The first kappa shape index (κ1) is 12.4. The molecule has 1 aromatic rings. The van der Waals surface area contributed by atoms with Gasteiger partial charge in [0.2, 0.25) is 0 Å². The van der Waals surface area contributed by atoms with Crippen LogP contribution in [0.1, 0.15) is 25.8 Å². The normalized spacial score (nSPS) is 25.0. The SMILES string of the molecule is CNCc1ccccc1N1CCC(C)C(C)C1. The number of hydrogen-bond acceptors (Lipinski definition) is 2. The van der Waals surface area contributed by atoms with Crippen molar-refractivity contribution in [1.29, 1.82) is 0 Å². The maximum atomic E-state index is 3.26. The molecular formula is C15H24N2.